The molecule has 0 radical (unpaired) electrons. The number of halogens is 1. The number of hydrogen-bond donors (Lipinski definition) is 1. The number of aliphatic hydroxyl groups is 1. The van der Waals surface area contributed by atoms with Crippen LogP contribution in [-0.4, -0.2) is 42.9 Å². The van der Waals surface area contributed by atoms with Crippen molar-refractivity contribution in [2.45, 2.75) is 31.8 Å². The predicted octanol–water partition coefficient (Wildman–Crippen LogP) is 5.33. The van der Waals surface area contributed by atoms with Crippen LogP contribution in [0, 0.1) is 6.92 Å². The highest BCUT2D eigenvalue weighted by molar-refractivity contribution is 5.85. The van der Waals surface area contributed by atoms with Crippen LogP contribution in [0.25, 0.3) is 0 Å². The largest absolute Gasteiger partial charge is 0.380 e. The summed E-state index contributed by atoms with van der Waals surface area (Å²) in [4.78, 5) is 2.42. The van der Waals surface area contributed by atoms with Crippen LogP contribution < -0.4 is 0 Å². The van der Waals surface area contributed by atoms with Crippen molar-refractivity contribution in [3.8, 4) is 0 Å². The molecule has 0 bridgehead atoms. The predicted molar refractivity (Wildman–Crippen MR) is 134 cm³/mol. The van der Waals surface area contributed by atoms with E-state index in [9.17, 15) is 5.11 Å². The van der Waals surface area contributed by atoms with Crippen LogP contribution in [0.1, 0.15) is 40.7 Å². The van der Waals surface area contributed by atoms with Gasteiger partial charge in [-0.1, -0.05) is 91.3 Å². The molecule has 1 N–H and O–H groups in total. The summed E-state index contributed by atoms with van der Waals surface area (Å²) in [6, 6.07) is 27.3. The summed E-state index contributed by atoms with van der Waals surface area (Å²) in [5, 5.41) is 12.6. The first-order valence-electron chi connectivity index (χ1n) is 11.3. The van der Waals surface area contributed by atoms with Gasteiger partial charge in [-0.25, -0.2) is 0 Å². The molecular weight excluding hydrogens is 418 g/mol. The van der Waals surface area contributed by atoms with E-state index < -0.39 is 5.60 Å². The van der Waals surface area contributed by atoms with E-state index in [0.29, 0.717) is 0 Å². The molecule has 4 rings (SSSR count). The number of benzene rings is 3. The van der Waals surface area contributed by atoms with Gasteiger partial charge in [-0.05, 0) is 35.6 Å². The monoisotopic (exact) mass is 451 g/mol. The second kappa shape index (κ2) is 11.1. The standard InChI is InChI=1S/C28H33NO2.ClH/c1-3-23-11-15-26(16-12-23)28(30,25-13-9-22(2)10-14-25)27(24-7-5-4-6-8-24)21-29-17-19-31-20-18-29;/h4-16,27,30H,3,17-21H2,1-2H3;1H. The number of ether oxygens (including phenoxy) is 1. The Morgan fingerprint density at radius 1 is 0.875 bits per heavy atom. The van der Waals surface area contributed by atoms with Crippen LogP contribution in [0.3, 0.4) is 0 Å². The normalized spacial score (nSPS) is 17.2. The van der Waals surface area contributed by atoms with Gasteiger partial charge in [0.05, 0.1) is 13.2 Å². The first-order chi connectivity index (χ1) is 15.1. The lowest BCUT2D eigenvalue weighted by atomic mass is 9.72. The van der Waals surface area contributed by atoms with Gasteiger partial charge in [0.2, 0.25) is 0 Å². The first kappa shape index (κ1) is 24.5. The van der Waals surface area contributed by atoms with Gasteiger partial charge in [-0.2, -0.15) is 0 Å². The SMILES string of the molecule is CCc1ccc(C(O)(c2ccc(C)cc2)C(CN2CCOCC2)c2ccccc2)cc1.Cl. The average Bonchev–Trinajstić information content (AvgIpc) is 2.84. The Morgan fingerprint density at radius 2 is 1.44 bits per heavy atom. The molecule has 0 amide bonds. The summed E-state index contributed by atoms with van der Waals surface area (Å²) in [5.41, 5.74) is 4.35. The summed E-state index contributed by atoms with van der Waals surface area (Å²) in [6.45, 7) is 8.29. The Balaban J connectivity index is 0.00000289. The van der Waals surface area contributed by atoms with Crippen LogP contribution in [0.4, 0.5) is 0 Å². The molecule has 1 heterocycles. The van der Waals surface area contributed by atoms with Gasteiger partial charge in [0.25, 0.3) is 0 Å². The first-order valence-corrected chi connectivity index (χ1v) is 11.3. The minimum atomic E-state index is -1.14. The number of aryl methyl sites for hydroxylation is 2. The van der Waals surface area contributed by atoms with Crippen molar-refractivity contribution in [3.63, 3.8) is 0 Å². The Bertz CT molecular complexity index is 953. The number of nitrogens with zero attached hydrogens (tertiary/aromatic N) is 1. The second-order valence-corrected chi connectivity index (χ2v) is 8.56. The molecule has 170 valence electrons. The van der Waals surface area contributed by atoms with Gasteiger partial charge in [0, 0.05) is 25.6 Å². The molecule has 1 aliphatic rings. The van der Waals surface area contributed by atoms with Crippen LogP contribution in [0.5, 0.6) is 0 Å². The van der Waals surface area contributed by atoms with Crippen LogP contribution >= 0.6 is 12.4 Å². The molecule has 3 aromatic rings. The molecule has 3 aromatic carbocycles. The third-order valence-electron chi connectivity index (χ3n) is 6.54. The smallest absolute Gasteiger partial charge is 0.123 e. The van der Waals surface area contributed by atoms with E-state index >= 15 is 0 Å². The maximum Gasteiger partial charge on any atom is 0.123 e. The molecule has 0 aromatic heterocycles. The van der Waals surface area contributed by atoms with Crippen molar-refractivity contribution in [1.29, 1.82) is 0 Å². The van der Waals surface area contributed by atoms with Gasteiger partial charge in [-0.15, -0.1) is 12.4 Å². The second-order valence-electron chi connectivity index (χ2n) is 8.56. The van der Waals surface area contributed by atoms with E-state index in [-0.39, 0.29) is 18.3 Å². The van der Waals surface area contributed by atoms with Gasteiger partial charge >= 0.3 is 0 Å². The highest BCUT2D eigenvalue weighted by Crippen LogP contribution is 2.43. The summed E-state index contributed by atoms with van der Waals surface area (Å²) in [7, 11) is 0. The maximum absolute atomic E-state index is 12.6. The van der Waals surface area contributed by atoms with Crippen LogP contribution in [0.15, 0.2) is 78.9 Å². The lowest BCUT2D eigenvalue weighted by Gasteiger charge is -2.41. The van der Waals surface area contributed by atoms with E-state index in [1.54, 1.807) is 0 Å². The Hall–Kier alpha value is -2.17. The number of hydrogen-bond acceptors (Lipinski definition) is 3. The van der Waals surface area contributed by atoms with Crippen molar-refractivity contribution in [2.24, 2.45) is 0 Å². The van der Waals surface area contributed by atoms with Crippen molar-refractivity contribution < 1.29 is 9.84 Å². The molecular formula is C28H34ClNO2. The highest BCUT2D eigenvalue weighted by atomic mass is 35.5. The van der Waals surface area contributed by atoms with Gasteiger partial charge < -0.3 is 9.84 Å². The third kappa shape index (κ3) is 5.24. The zero-order valence-electron chi connectivity index (χ0n) is 19.0. The van der Waals surface area contributed by atoms with Gasteiger partial charge in [0.1, 0.15) is 5.60 Å². The summed E-state index contributed by atoms with van der Waals surface area (Å²) >= 11 is 0. The topological polar surface area (TPSA) is 32.7 Å². The molecule has 1 aliphatic heterocycles. The molecule has 0 saturated carbocycles. The third-order valence-corrected chi connectivity index (χ3v) is 6.54. The quantitative estimate of drug-likeness (QED) is 0.526. The van der Waals surface area contributed by atoms with Crippen molar-refractivity contribution in [3.05, 3.63) is 107 Å². The van der Waals surface area contributed by atoms with Gasteiger partial charge in [0.15, 0.2) is 0 Å². The van der Waals surface area contributed by atoms with E-state index in [4.69, 9.17) is 4.74 Å². The Kier molecular flexibility index (Phi) is 8.50. The van der Waals surface area contributed by atoms with E-state index in [0.717, 1.165) is 56.0 Å². The molecule has 2 unspecified atom stereocenters. The number of morpholine rings is 1. The van der Waals surface area contributed by atoms with Crippen molar-refractivity contribution >= 4 is 12.4 Å². The van der Waals surface area contributed by atoms with Crippen molar-refractivity contribution in [1.82, 2.24) is 4.90 Å². The summed E-state index contributed by atoms with van der Waals surface area (Å²) < 4.78 is 5.58. The molecule has 0 aliphatic carbocycles. The summed E-state index contributed by atoms with van der Waals surface area (Å²) in [6.07, 6.45) is 0.985. The van der Waals surface area contributed by atoms with E-state index in [1.807, 2.05) is 6.07 Å². The molecule has 2 atom stereocenters. The molecule has 1 saturated heterocycles. The fraction of sp³-hybridized carbons (Fsp3) is 0.357. The average molecular weight is 452 g/mol. The molecule has 1 fully saturated rings. The lowest BCUT2D eigenvalue weighted by Crippen LogP contribution is -2.45. The highest BCUT2D eigenvalue weighted by Gasteiger charge is 2.42. The maximum atomic E-state index is 12.6. The molecule has 32 heavy (non-hydrogen) atoms. The fourth-order valence-corrected chi connectivity index (χ4v) is 4.58. The van der Waals surface area contributed by atoms with Gasteiger partial charge in [-0.3, -0.25) is 4.90 Å². The Morgan fingerprint density at radius 3 is 2.00 bits per heavy atom. The Labute approximate surface area is 198 Å². The van der Waals surface area contributed by atoms with Crippen LogP contribution in [0.2, 0.25) is 0 Å². The molecule has 4 heteroatoms. The summed E-state index contributed by atoms with van der Waals surface area (Å²) in [5.74, 6) is -0.109. The molecule has 0 spiro atoms. The van der Waals surface area contributed by atoms with E-state index in [1.165, 1.54) is 11.1 Å². The zero-order valence-corrected chi connectivity index (χ0v) is 19.9. The number of rotatable bonds is 7. The molecule has 3 nitrogen and oxygen atoms in total. The minimum Gasteiger partial charge on any atom is -0.380 e. The zero-order chi connectivity index (χ0) is 21.7. The van der Waals surface area contributed by atoms with Crippen molar-refractivity contribution in [2.75, 3.05) is 32.8 Å². The van der Waals surface area contributed by atoms with Crippen LogP contribution in [-0.2, 0) is 16.8 Å². The minimum absolute atomic E-state index is 0. The van der Waals surface area contributed by atoms with E-state index in [2.05, 4.69) is 91.5 Å². The lowest BCUT2D eigenvalue weighted by molar-refractivity contribution is 0.000758. The fourth-order valence-electron chi connectivity index (χ4n) is 4.58.